The summed E-state index contributed by atoms with van der Waals surface area (Å²) in [6, 6.07) is 6.18. The van der Waals surface area contributed by atoms with Gasteiger partial charge in [-0.05, 0) is 24.6 Å². The first kappa shape index (κ1) is 15.2. The fourth-order valence-electron chi connectivity index (χ4n) is 2.11. The van der Waals surface area contributed by atoms with E-state index in [1.807, 2.05) is 0 Å². The van der Waals surface area contributed by atoms with Crippen molar-refractivity contribution in [3.63, 3.8) is 0 Å². The predicted molar refractivity (Wildman–Crippen MR) is 77.9 cm³/mol. The van der Waals surface area contributed by atoms with Crippen LogP contribution in [0, 0.1) is 0 Å². The van der Waals surface area contributed by atoms with Gasteiger partial charge in [-0.3, -0.25) is 4.79 Å². The highest BCUT2D eigenvalue weighted by atomic mass is 35.5. The third kappa shape index (κ3) is 3.49. The van der Waals surface area contributed by atoms with Crippen LogP contribution in [0.2, 0.25) is 5.02 Å². The van der Waals surface area contributed by atoms with Gasteiger partial charge >= 0.3 is 0 Å². The number of anilines is 1. The number of carbonyl (C=O) groups is 1. The SMILES string of the molecule is CCNS(=O)(=O)NC1CCN(c2cccc(Cl)c2)C1=O. The minimum absolute atomic E-state index is 0.270. The van der Waals surface area contributed by atoms with Gasteiger partial charge in [0.1, 0.15) is 6.04 Å². The minimum Gasteiger partial charge on any atom is -0.311 e. The summed E-state index contributed by atoms with van der Waals surface area (Å²) in [4.78, 5) is 13.8. The Morgan fingerprint density at radius 3 is 2.85 bits per heavy atom. The summed E-state index contributed by atoms with van der Waals surface area (Å²) < 4.78 is 27.9. The number of nitrogens with one attached hydrogen (secondary N) is 2. The number of carbonyl (C=O) groups excluding carboxylic acids is 1. The molecule has 0 aliphatic carbocycles. The van der Waals surface area contributed by atoms with Crippen molar-refractivity contribution in [3.05, 3.63) is 29.3 Å². The molecule has 1 amide bonds. The Labute approximate surface area is 123 Å². The monoisotopic (exact) mass is 317 g/mol. The highest BCUT2D eigenvalue weighted by Crippen LogP contribution is 2.24. The van der Waals surface area contributed by atoms with E-state index in [0.717, 1.165) is 0 Å². The Kier molecular flexibility index (Phi) is 4.64. The zero-order chi connectivity index (χ0) is 14.8. The van der Waals surface area contributed by atoms with E-state index < -0.39 is 16.3 Å². The minimum atomic E-state index is -3.64. The van der Waals surface area contributed by atoms with Crippen LogP contribution >= 0.6 is 11.6 Å². The van der Waals surface area contributed by atoms with Gasteiger partial charge in [0.05, 0.1) is 0 Å². The summed E-state index contributed by atoms with van der Waals surface area (Å²) in [5, 5.41) is 0.534. The molecule has 110 valence electrons. The van der Waals surface area contributed by atoms with Gasteiger partial charge in [0, 0.05) is 23.8 Å². The lowest BCUT2D eigenvalue weighted by Crippen LogP contribution is -2.46. The van der Waals surface area contributed by atoms with Crippen LogP contribution in [0.15, 0.2) is 24.3 Å². The largest absolute Gasteiger partial charge is 0.311 e. The van der Waals surface area contributed by atoms with Crippen LogP contribution in [0.25, 0.3) is 0 Å². The van der Waals surface area contributed by atoms with Crippen molar-refractivity contribution in [2.45, 2.75) is 19.4 Å². The summed E-state index contributed by atoms with van der Waals surface area (Å²) >= 11 is 5.90. The molecule has 2 rings (SSSR count). The Hall–Kier alpha value is -1.15. The third-order valence-corrected chi connectivity index (χ3v) is 4.46. The number of benzene rings is 1. The molecular weight excluding hydrogens is 302 g/mol. The molecule has 0 aromatic heterocycles. The molecule has 1 fully saturated rings. The second kappa shape index (κ2) is 6.09. The molecule has 0 spiro atoms. The molecule has 0 saturated carbocycles. The van der Waals surface area contributed by atoms with Crippen molar-refractivity contribution in [3.8, 4) is 0 Å². The van der Waals surface area contributed by atoms with Crippen LogP contribution < -0.4 is 14.3 Å². The highest BCUT2D eigenvalue weighted by molar-refractivity contribution is 7.87. The molecule has 1 aromatic carbocycles. The Morgan fingerprint density at radius 2 is 2.20 bits per heavy atom. The van der Waals surface area contributed by atoms with Crippen molar-refractivity contribution >= 4 is 33.4 Å². The van der Waals surface area contributed by atoms with Crippen LogP contribution in [0.4, 0.5) is 5.69 Å². The van der Waals surface area contributed by atoms with Gasteiger partial charge < -0.3 is 4.90 Å². The molecule has 1 aromatic rings. The van der Waals surface area contributed by atoms with E-state index in [0.29, 0.717) is 23.7 Å². The molecule has 1 unspecified atom stereocenters. The van der Waals surface area contributed by atoms with E-state index in [2.05, 4.69) is 9.44 Å². The Balaban J connectivity index is 2.10. The van der Waals surface area contributed by atoms with Crippen molar-refractivity contribution in [2.24, 2.45) is 0 Å². The molecule has 2 N–H and O–H groups in total. The first-order chi connectivity index (χ1) is 9.43. The highest BCUT2D eigenvalue weighted by Gasteiger charge is 2.35. The number of hydrogen-bond donors (Lipinski definition) is 2. The van der Waals surface area contributed by atoms with Gasteiger partial charge in [-0.15, -0.1) is 0 Å². The van der Waals surface area contributed by atoms with E-state index in [9.17, 15) is 13.2 Å². The first-order valence-electron chi connectivity index (χ1n) is 6.27. The number of nitrogens with zero attached hydrogens (tertiary/aromatic N) is 1. The van der Waals surface area contributed by atoms with E-state index in [4.69, 9.17) is 11.6 Å². The quantitative estimate of drug-likeness (QED) is 0.846. The average Bonchev–Trinajstić information content (AvgIpc) is 2.70. The first-order valence-corrected chi connectivity index (χ1v) is 8.13. The molecule has 1 aliphatic rings. The molecule has 0 radical (unpaired) electrons. The van der Waals surface area contributed by atoms with Crippen molar-refractivity contribution in [1.82, 2.24) is 9.44 Å². The van der Waals surface area contributed by atoms with Gasteiger partial charge in [0.2, 0.25) is 5.91 Å². The van der Waals surface area contributed by atoms with E-state index in [-0.39, 0.29) is 12.5 Å². The molecule has 20 heavy (non-hydrogen) atoms. The molecule has 6 nitrogen and oxygen atoms in total. The fraction of sp³-hybridized carbons (Fsp3) is 0.417. The maximum absolute atomic E-state index is 12.2. The summed E-state index contributed by atoms with van der Waals surface area (Å²) in [7, 11) is -3.64. The molecule has 1 aliphatic heterocycles. The Morgan fingerprint density at radius 1 is 1.45 bits per heavy atom. The van der Waals surface area contributed by atoms with Crippen LogP contribution in [-0.4, -0.2) is 33.5 Å². The van der Waals surface area contributed by atoms with Crippen molar-refractivity contribution < 1.29 is 13.2 Å². The summed E-state index contributed by atoms with van der Waals surface area (Å²) in [6.45, 7) is 2.40. The van der Waals surface area contributed by atoms with Gasteiger partial charge in [0.25, 0.3) is 10.2 Å². The number of rotatable bonds is 5. The predicted octanol–water partition coefficient (Wildman–Crippen LogP) is 0.889. The molecular formula is C12H16ClN3O3S. The lowest BCUT2D eigenvalue weighted by atomic mass is 10.3. The zero-order valence-electron chi connectivity index (χ0n) is 11.0. The number of hydrogen-bond acceptors (Lipinski definition) is 3. The van der Waals surface area contributed by atoms with Gasteiger partial charge in [0.15, 0.2) is 0 Å². The lowest BCUT2D eigenvalue weighted by molar-refractivity contribution is -0.118. The van der Waals surface area contributed by atoms with Crippen molar-refractivity contribution in [1.29, 1.82) is 0 Å². The summed E-state index contributed by atoms with van der Waals surface area (Å²) in [5.74, 6) is -0.270. The van der Waals surface area contributed by atoms with Gasteiger partial charge in [-0.1, -0.05) is 24.6 Å². The van der Waals surface area contributed by atoms with Crippen LogP contribution in [0.1, 0.15) is 13.3 Å². The molecule has 1 saturated heterocycles. The fourth-order valence-corrected chi connectivity index (χ4v) is 3.35. The van der Waals surface area contributed by atoms with Crippen LogP contribution in [-0.2, 0) is 15.0 Å². The van der Waals surface area contributed by atoms with Gasteiger partial charge in [-0.2, -0.15) is 13.1 Å². The van der Waals surface area contributed by atoms with Crippen molar-refractivity contribution in [2.75, 3.05) is 18.0 Å². The average molecular weight is 318 g/mol. The van der Waals surface area contributed by atoms with E-state index >= 15 is 0 Å². The topological polar surface area (TPSA) is 78.5 Å². The number of amides is 1. The Bertz CT molecular complexity index is 606. The van der Waals surface area contributed by atoms with Gasteiger partial charge in [-0.25, -0.2) is 4.72 Å². The maximum Gasteiger partial charge on any atom is 0.277 e. The second-order valence-corrected chi connectivity index (χ2v) is 6.40. The second-order valence-electron chi connectivity index (χ2n) is 4.43. The van der Waals surface area contributed by atoms with Crippen LogP contribution in [0.3, 0.4) is 0 Å². The van der Waals surface area contributed by atoms with E-state index in [1.54, 1.807) is 31.2 Å². The number of halogens is 1. The molecule has 1 heterocycles. The molecule has 8 heteroatoms. The summed E-state index contributed by atoms with van der Waals surface area (Å²) in [5.41, 5.74) is 0.674. The molecule has 0 bridgehead atoms. The lowest BCUT2D eigenvalue weighted by Gasteiger charge is -2.17. The van der Waals surface area contributed by atoms with Crippen LogP contribution in [0.5, 0.6) is 0 Å². The third-order valence-electron chi connectivity index (χ3n) is 2.96. The maximum atomic E-state index is 12.2. The normalized spacial score (nSPS) is 19.6. The standard InChI is InChI=1S/C12H16ClN3O3S/c1-2-14-20(18,19)15-11-6-7-16(12(11)17)10-5-3-4-9(13)8-10/h3-5,8,11,14-15H,2,6-7H2,1H3. The van der Waals surface area contributed by atoms with E-state index in [1.165, 1.54) is 4.90 Å². The summed E-state index contributed by atoms with van der Waals surface area (Å²) in [6.07, 6.45) is 0.427. The zero-order valence-corrected chi connectivity index (χ0v) is 12.5. The molecule has 1 atom stereocenters. The smallest absolute Gasteiger partial charge is 0.277 e.